The molecule has 2 amide bonds. The van der Waals surface area contributed by atoms with Crippen LogP contribution in [0.15, 0.2) is 54.6 Å². The van der Waals surface area contributed by atoms with Gasteiger partial charge in [0.1, 0.15) is 6.04 Å². The van der Waals surface area contributed by atoms with E-state index in [9.17, 15) is 18.0 Å². The van der Waals surface area contributed by atoms with Crippen LogP contribution in [0.3, 0.4) is 0 Å². The Morgan fingerprint density at radius 1 is 1.03 bits per heavy atom. The number of hydrogen-bond donors (Lipinski definition) is 1. The minimum atomic E-state index is -3.50. The Balaban J connectivity index is 2.15. The lowest BCUT2D eigenvalue weighted by Gasteiger charge is -2.30. The first-order valence-corrected chi connectivity index (χ1v) is 13.1. The van der Waals surface area contributed by atoms with Crippen molar-refractivity contribution in [1.82, 2.24) is 10.2 Å². The predicted octanol–water partition coefficient (Wildman–Crippen LogP) is 3.83. The second kappa shape index (κ2) is 12.0. The van der Waals surface area contributed by atoms with Crippen LogP contribution in [0.5, 0.6) is 0 Å². The van der Waals surface area contributed by atoms with E-state index in [1.54, 1.807) is 49.4 Å². The summed E-state index contributed by atoms with van der Waals surface area (Å²) in [6.45, 7) is 5.79. The molecule has 2 aromatic carbocycles. The molecule has 7 nitrogen and oxygen atoms in total. The van der Waals surface area contributed by atoms with E-state index < -0.39 is 16.1 Å². The number of para-hydroxylation sites is 1. The zero-order valence-electron chi connectivity index (χ0n) is 19.5. The molecule has 0 saturated heterocycles. The molecule has 33 heavy (non-hydrogen) atoms. The van der Waals surface area contributed by atoms with Crippen LogP contribution in [0.2, 0.25) is 5.02 Å². The maximum absolute atomic E-state index is 13.2. The Morgan fingerprint density at radius 2 is 1.70 bits per heavy atom. The standard InChI is InChI=1S/C24H32ClN3O4S/c1-18(2)26-24(30)19(3)27(17-20-10-8-11-21(25)16-20)23(29)14-9-15-28(33(4,31)32)22-12-6-5-7-13-22/h5-8,10-13,16,18-19H,9,14-15,17H2,1-4H3,(H,26,30). The third-order valence-corrected chi connectivity index (χ3v) is 6.47. The topological polar surface area (TPSA) is 86.8 Å². The fraction of sp³-hybridized carbons (Fsp3) is 0.417. The van der Waals surface area contributed by atoms with Crippen LogP contribution in [0, 0.1) is 0 Å². The maximum Gasteiger partial charge on any atom is 0.242 e. The Kier molecular flexibility index (Phi) is 9.73. The first-order valence-electron chi connectivity index (χ1n) is 10.9. The quantitative estimate of drug-likeness (QED) is 0.515. The fourth-order valence-corrected chi connectivity index (χ4v) is 4.60. The number of anilines is 1. The van der Waals surface area contributed by atoms with Gasteiger partial charge in [-0.2, -0.15) is 0 Å². The molecule has 0 spiro atoms. The number of carbonyl (C=O) groups is 2. The monoisotopic (exact) mass is 493 g/mol. The lowest BCUT2D eigenvalue weighted by atomic mass is 10.1. The highest BCUT2D eigenvalue weighted by molar-refractivity contribution is 7.92. The Bertz CT molecular complexity index is 1040. The third kappa shape index (κ3) is 8.37. The molecule has 1 N–H and O–H groups in total. The summed E-state index contributed by atoms with van der Waals surface area (Å²) in [4.78, 5) is 27.3. The van der Waals surface area contributed by atoms with E-state index in [4.69, 9.17) is 11.6 Å². The molecule has 0 aliphatic carbocycles. The normalized spacial score (nSPS) is 12.3. The molecule has 2 rings (SSSR count). The van der Waals surface area contributed by atoms with Gasteiger partial charge in [-0.3, -0.25) is 13.9 Å². The van der Waals surface area contributed by atoms with Crippen LogP contribution in [0.1, 0.15) is 39.2 Å². The second-order valence-corrected chi connectivity index (χ2v) is 10.6. The lowest BCUT2D eigenvalue weighted by molar-refractivity contribution is -0.140. The van der Waals surface area contributed by atoms with Crippen molar-refractivity contribution in [1.29, 1.82) is 0 Å². The number of amides is 2. The zero-order valence-corrected chi connectivity index (χ0v) is 21.1. The van der Waals surface area contributed by atoms with Crippen LogP contribution >= 0.6 is 11.6 Å². The largest absolute Gasteiger partial charge is 0.352 e. The molecule has 1 unspecified atom stereocenters. The second-order valence-electron chi connectivity index (χ2n) is 8.27. The summed E-state index contributed by atoms with van der Waals surface area (Å²) in [5.41, 5.74) is 1.36. The van der Waals surface area contributed by atoms with Crippen LogP contribution in [0.4, 0.5) is 5.69 Å². The summed E-state index contributed by atoms with van der Waals surface area (Å²) in [5, 5.41) is 3.39. The first-order chi connectivity index (χ1) is 15.5. The van der Waals surface area contributed by atoms with Gasteiger partial charge in [0, 0.05) is 30.6 Å². The van der Waals surface area contributed by atoms with E-state index in [2.05, 4.69) is 5.32 Å². The van der Waals surface area contributed by atoms with Crippen molar-refractivity contribution >= 4 is 39.1 Å². The Morgan fingerprint density at radius 3 is 2.27 bits per heavy atom. The van der Waals surface area contributed by atoms with E-state index in [1.165, 1.54) is 9.21 Å². The Hall–Kier alpha value is -2.58. The molecule has 1 atom stereocenters. The van der Waals surface area contributed by atoms with Gasteiger partial charge in [0.25, 0.3) is 0 Å². The number of halogens is 1. The highest BCUT2D eigenvalue weighted by Gasteiger charge is 2.27. The maximum atomic E-state index is 13.2. The average Bonchev–Trinajstić information content (AvgIpc) is 2.73. The SMILES string of the molecule is CC(C)NC(=O)C(C)N(Cc1cccc(Cl)c1)C(=O)CCCN(c1ccccc1)S(C)(=O)=O. The van der Waals surface area contributed by atoms with E-state index in [0.717, 1.165) is 11.8 Å². The third-order valence-electron chi connectivity index (χ3n) is 5.04. The van der Waals surface area contributed by atoms with Gasteiger partial charge in [-0.25, -0.2) is 8.42 Å². The molecule has 0 heterocycles. The van der Waals surface area contributed by atoms with Crippen molar-refractivity contribution in [3.05, 3.63) is 65.2 Å². The number of carbonyl (C=O) groups excluding carboxylic acids is 2. The predicted molar refractivity (Wildman–Crippen MR) is 133 cm³/mol. The summed E-state index contributed by atoms with van der Waals surface area (Å²) in [5.74, 6) is -0.481. The highest BCUT2D eigenvalue weighted by atomic mass is 35.5. The molecule has 0 fully saturated rings. The first kappa shape index (κ1) is 26.7. The molecule has 0 aromatic heterocycles. The van der Waals surface area contributed by atoms with Crippen molar-refractivity contribution in [2.24, 2.45) is 0 Å². The van der Waals surface area contributed by atoms with Gasteiger partial charge in [0.15, 0.2) is 0 Å². The summed E-state index contributed by atoms with van der Waals surface area (Å²) >= 11 is 6.09. The van der Waals surface area contributed by atoms with Gasteiger partial charge < -0.3 is 10.2 Å². The van der Waals surface area contributed by atoms with Crippen molar-refractivity contribution in [2.45, 2.75) is 52.2 Å². The number of nitrogens with zero attached hydrogens (tertiary/aromatic N) is 2. The summed E-state index contributed by atoms with van der Waals surface area (Å²) in [6, 6.07) is 15.2. The van der Waals surface area contributed by atoms with Gasteiger partial charge >= 0.3 is 0 Å². The highest BCUT2D eigenvalue weighted by Crippen LogP contribution is 2.19. The molecule has 9 heteroatoms. The van der Waals surface area contributed by atoms with Gasteiger partial charge in [-0.05, 0) is 57.0 Å². The number of benzene rings is 2. The fourth-order valence-electron chi connectivity index (χ4n) is 3.42. The molecular formula is C24H32ClN3O4S. The minimum absolute atomic E-state index is 0.0581. The number of sulfonamides is 1. The molecule has 2 aromatic rings. The van der Waals surface area contributed by atoms with Gasteiger partial charge in [-0.1, -0.05) is 41.9 Å². The van der Waals surface area contributed by atoms with E-state index in [0.29, 0.717) is 17.1 Å². The van der Waals surface area contributed by atoms with Crippen molar-refractivity contribution in [2.75, 3.05) is 17.1 Å². The minimum Gasteiger partial charge on any atom is -0.352 e. The molecule has 0 radical (unpaired) electrons. The lowest BCUT2D eigenvalue weighted by Crippen LogP contribution is -2.49. The van der Waals surface area contributed by atoms with Gasteiger partial charge in [-0.15, -0.1) is 0 Å². The van der Waals surface area contributed by atoms with Crippen LogP contribution in [-0.2, 0) is 26.2 Å². The summed E-state index contributed by atoms with van der Waals surface area (Å²) in [6.07, 6.45) is 1.55. The summed E-state index contributed by atoms with van der Waals surface area (Å²) < 4.78 is 25.8. The van der Waals surface area contributed by atoms with Crippen molar-refractivity contribution < 1.29 is 18.0 Å². The Labute approximate surface area is 201 Å². The summed E-state index contributed by atoms with van der Waals surface area (Å²) in [7, 11) is -3.50. The van der Waals surface area contributed by atoms with E-state index in [-0.39, 0.29) is 37.4 Å². The van der Waals surface area contributed by atoms with Crippen LogP contribution < -0.4 is 9.62 Å². The smallest absolute Gasteiger partial charge is 0.242 e. The van der Waals surface area contributed by atoms with Crippen molar-refractivity contribution in [3.8, 4) is 0 Å². The van der Waals surface area contributed by atoms with Gasteiger partial charge in [0.05, 0.1) is 11.9 Å². The molecule has 0 aliphatic heterocycles. The molecule has 0 aliphatic rings. The molecule has 0 bridgehead atoms. The molecule has 180 valence electrons. The van der Waals surface area contributed by atoms with E-state index >= 15 is 0 Å². The molecule has 0 saturated carbocycles. The number of hydrogen-bond acceptors (Lipinski definition) is 4. The van der Waals surface area contributed by atoms with Crippen LogP contribution in [0.25, 0.3) is 0 Å². The van der Waals surface area contributed by atoms with Crippen molar-refractivity contribution in [3.63, 3.8) is 0 Å². The van der Waals surface area contributed by atoms with Crippen LogP contribution in [-0.4, -0.2) is 50.0 Å². The average molecular weight is 494 g/mol. The van der Waals surface area contributed by atoms with Gasteiger partial charge in [0.2, 0.25) is 21.8 Å². The number of nitrogens with one attached hydrogen (secondary N) is 1. The molecular weight excluding hydrogens is 462 g/mol. The van der Waals surface area contributed by atoms with E-state index in [1.807, 2.05) is 26.0 Å². The zero-order chi connectivity index (χ0) is 24.6. The number of rotatable bonds is 11.